The van der Waals surface area contributed by atoms with Crippen LogP contribution in [0.15, 0.2) is 42.5 Å². The van der Waals surface area contributed by atoms with E-state index in [1.807, 2.05) is 36.4 Å². The molecule has 0 spiro atoms. The molecule has 0 aliphatic rings. The summed E-state index contributed by atoms with van der Waals surface area (Å²) in [4.78, 5) is 0. The van der Waals surface area contributed by atoms with E-state index in [2.05, 4.69) is 11.4 Å². The van der Waals surface area contributed by atoms with Gasteiger partial charge in [-0.1, -0.05) is 41.4 Å². The SMILES string of the molecule is COc1cccc(CNCc2ccc(Cl)c(Cl)c2)c1. The van der Waals surface area contributed by atoms with Crippen molar-refractivity contribution in [1.29, 1.82) is 0 Å². The van der Waals surface area contributed by atoms with Gasteiger partial charge in [-0.15, -0.1) is 0 Å². The normalized spacial score (nSPS) is 10.5. The molecule has 0 saturated carbocycles. The molecule has 2 aromatic carbocycles. The zero-order valence-corrected chi connectivity index (χ0v) is 12.1. The highest BCUT2D eigenvalue weighted by atomic mass is 35.5. The van der Waals surface area contributed by atoms with Crippen molar-refractivity contribution in [2.75, 3.05) is 7.11 Å². The molecule has 100 valence electrons. The van der Waals surface area contributed by atoms with Gasteiger partial charge in [-0.05, 0) is 35.4 Å². The van der Waals surface area contributed by atoms with Crippen LogP contribution in [0.1, 0.15) is 11.1 Å². The molecule has 0 atom stereocenters. The van der Waals surface area contributed by atoms with E-state index in [-0.39, 0.29) is 0 Å². The molecule has 0 saturated heterocycles. The van der Waals surface area contributed by atoms with Crippen LogP contribution in [0.25, 0.3) is 0 Å². The fourth-order valence-corrected chi connectivity index (χ4v) is 2.10. The molecule has 19 heavy (non-hydrogen) atoms. The molecule has 2 aromatic rings. The Balaban J connectivity index is 1.90. The summed E-state index contributed by atoms with van der Waals surface area (Å²) in [5.41, 5.74) is 2.29. The zero-order chi connectivity index (χ0) is 13.7. The first-order valence-electron chi connectivity index (χ1n) is 5.96. The Labute approximate surface area is 123 Å². The van der Waals surface area contributed by atoms with Gasteiger partial charge in [0, 0.05) is 13.1 Å². The molecule has 0 heterocycles. The molecule has 0 aromatic heterocycles. The van der Waals surface area contributed by atoms with Crippen LogP contribution in [0, 0.1) is 0 Å². The Morgan fingerprint density at radius 3 is 2.37 bits per heavy atom. The molecule has 1 N–H and O–H groups in total. The number of nitrogens with one attached hydrogen (secondary N) is 1. The number of benzene rings is 2. The van der Waals surface area contributed by atoms with Crippen LogP contribution in [-0.2, 0) is 13.1 Å². The molecule has 0 aliphatic heterocycles. The molecule has 0 fully saturated rings. The van der Waals surface area contributed by atoms with Crippen LogP contribution in [0.5, 0.6) is 5.75 Å². The third-order valence-electron chi connectivity index (χ3n) is 2.78. The monoisotopic (exact) mass is 295 g/mol. The Morgan fingerprint density at radius 2 is 1.68 bits per heavy atom. The van der Waals surface area contributed by atoms with Crippen LogP contribution in [0.4, 0.5) is 0 Å². The predicted molar refractivity (Wildman–Crippen MR) is 80.0 cm³/mol. The van der Waals surface area contributed by atoms with E-state index >= 15 is 0 Å². The highest BCUT2D eigenvalue weighted by molar-refractivity contribution is 6.42. The van der Waals surface area contributed by atoms with Crippen LogP contribution < -0.4 is 10.1 Å². The second-order valence-corrected chi connectivity index (χ2v) is 5.02. The number of methoxy groups -OCH3 is 1. The summed E-state index contributed by atoms with van der Waals surface area (Å²) in [6, 6.07) is 13.6. The van der Waals surface area contributed by atoms with Gasteiger partial charge < -0.3 is 10.1 Å². The lowest BCUT2D eigenvalue weighted by molar-refractivity contribution is 0.414. The van der Waals surface area contributed by atoms with Gasteiger partial charge in [0.25, 0.3) is 0 Å². The van der Waals surface area contributed by atoms with E-state index in [1.54, 1.807) is 7.11 Å². The number of halogens is 2. The van der Waals surface area contributed by atoms with Gasteiger partial charge in [0.05, 0.1) is 17.2 Å². The molecule has 2 rings (SSSR count). The van der Waals surface area contributed by atoms with Crippen LogP contribution >= 0.6 is 23.2 Å². The summed E-state index contributed by atoms with van der Waals surface area (Å²) < 4.78 is 5.19. The highest BCUT2D eigenvalue weighted by Gasteiger charge is 2.00. The van der Waals surface area contributed by atoms with Gasteiger partial charge in [-0.25, -0.2) is 0 Å². The largest absolute Gasteiger partial charge is 0.497 e. The summed E-state index contributed by atoms with van der Waals surface area (Å²) in [7, 11) is 1.67. The van der Waals surface area contributed by atoms with E-state index in [0.29, 0.717) is 10.0 Å². The van der Waals surface area contributed by atoms with Crippen molar-refractivity contribution in [3.63, 3.8) is 0 Å². The first kappa shape index (κ1) is 14.2. The third kappa shape index (κ3) is 4.13. The minimum atomic E-state index is 0.582. The van der Waals surface area contributed by atoms with E-state index in [9.17, 15) is 0 Å². The van der Waals surface area contributed by atoms with Gasteiger partial charge in [-0.2, -0.15) is 0 Å². The van der Waals surface area contributed by atoms with Gasteiger partial charge in [-0.3, -0.25) is 0 Å². The van der Waals surface area contributed by atoms with Crippen molar-refractivity contribution in [2.45, 2.75) is 13.1 Å². The summed E-state index contributed by atoms with van der Waals surface area (Å²) in [6.07, 6.45) is 0. The molecular formula is C15H15Cl2NO. The van der Waals surface area contributed by atoms with E-state index in [1.165, 1.54) is 5.56 Å². The minimum Gasteiger partial charge on any atom is -0.497 e. The van der Waals surface area contributed by atoms with E-state index in [0.717, 1.165) is 24.4 Å². The van der Waals surface area contributed by atoms with E-state index < -0.39 is 0 Å². The average Bonchev–Trinajstić information content (AvgIpc) is 2.43. The van der Waals surface area contributed by atoms with Crippen LogP contribution in [0.3, 0.4) is 0 Å². The first-order chi connectivity index (χ1) is 9.19. The second kappa shape index (κ2) is 6.80. The second-order valence-electron chi connectivity index (χ2n) is 4.20. The fraction of sp³-hybridized carbons (Fsp3) is 0.200. The Bertz CT molecular complexity index is 558. The lowest BCUT2D eigenvalue weighted by Gasteiger charge is -2.07. The number of hydrogen-bond acceptors (Lipinski definition) is 2. The maximum absolute atomic E-state index is 5.97. The first-order valence-corrected chi connectivity index (χ1v) is 6.72. The molecule has 0 bridgehead atoms. The lowest BCUT2D eigenvalue weighted by atomic mass is 10.2. The molecule has 4 heteroatoms. The van der Waals surface area contributed by atoms with Crippen molar-refractivity contribution in [3.8, 4) is 5.75 Å². The lowest BCUT2D eigenvalue weighted by Crippen LogP contribution is -2.12. The number of ether oxygens (including phenoxy) is 1. The standard InChI is InChI=1S/C15H15Cl2NO/c1-19-13-4-2-3-11(7-13)9-18-10-12-5-6-14(16)15(17)8-12/h2-8,18H,9-10H2,1H3. The smallest absolute Gasteiger partial charge is 0.119 e. The Kier molecular flexibility index (Phi) is 5.08. The van der Waals surface area contributed by atoms with Crippen molar-refractivity contribution >= 4 is 23.2 Å². The number of hydrogen-bond donors (Lipinski definition) is 1. The summed E-state index contributed by atoms with van der Waals surface area (Å²) in [5.74, 6) is 0.869. The average molecular weight is 296 g/mol. The molecule has 0 radical (unpaired) electrons. The predicted octanol–water partition coefficient (Wildman–Crippen LogP) is 4.29. The third-order valence-corrected chi connectivity index (χ3v) is 3.52. The maximum Gasteiger partial charge on any atom is 0.119 e. The minimum absolute atomic E-state index is 0.582. The maximum atomic E-state index is 5.97. The molecule has 0 unspecified atom stereocenters. The quantitative estimate of drug-likeness (QED) is 0.888. The molecular weight excluding hydrogens is 281 g/mol. The summed E-state index contributed by atoms with van der Waals surface area (Å²) >= 11 is 11.9. The zero-order valence-electron chi connectivity index (χ0n) is 10.6. The van der Waals surface area contributed by atoms with Gasteiger partial charge in [0.15, 0.2) is 0 Å². The Morgan fingerprint density at radius 1 is 0.947 bits per heavy atom. The van der Waals surface area contributed by atoms with Crippen LogP contribution in [0.2, 0.25) is 10.0 Å². The van der Waals surface area contributed by atoms with Gasteiger partial charge in [0.1, 0.15) is 5.75 Å². The van der Waals surface area contributed by atoms with Crippen molar-refractivity contribution in [1.82, 2.24) is 5.32 Å². The van der Waals surface area contributed by atoms with E-state index in [4.69, 9.17) is 27.9 Å². The van der Waals surface area contributed by atoms with Crippen molar-refractivity contribution in [3.05, 3.63) is 63.6 Å². The summed E-state index contributed by atoms with van der Waals surface area (Å²) in [6.45, 7) is 1.52. The van der Waals surface area contributed by atoms with Gasteiger partial charge >= 0.3 is 0 Å². The fourth-order valence-electron chi connectivity index (χ4n) is 1.78. The van der Waals surface area contributed by atoms with Crippen molar-refractivity contribution in [2.24, 2.45) is 0 Å². The number of rotatable bonds is 5. The molecule has 2 nitrogen and oxygen atoms in total. The molecule has 0 amide bonds. The van der Waals surface area contributed by atoms with Gasteiger partial charge in [0.2, 0.25) is 0 Å². The summed E-state index contributed by atoms with van der Waals surface area (Å²) in [5, 5.41) is 4.53. The van der Waals surface area contributed by atoms with Crippen LogP contribution in [-0.4, -0.2) is 7.11 Å². The Hall–Kier alpha value is -1.22. The molecule has 0 aliphatic carbocycles. The highest BCUT2D eigenvalue weighted by Crippen LogP contribution is 2.22. The van der Waals surface area contributed by atoms with Crippen molar-refractivity contribution < 1.29 is 4.74 Å². The topological polar surface area (TPSA) is 21.3 Å².